The van der Waals surface area contributed by atoms with E-state index in [0.717, 1.165) is 39.5 Å². The predicted molar refractivity (Wildman–Crippen MR) is 123 cm³/mol. The number of ether oxygens (including phenoxy) is 3. The summed E-state index contributed by atoms with van der Waals surface area (Å²) in [4.78, 5) is 0. The molecule has 0 radical (unpaired) electrons. The second kappa shape index (κ2) is 7.51. The highest BCUT2D eigenvalue weighted by atomic mass is 16.7. The van der Waals surface area contributed by atoms with Gasteiger partial charge < -0.3 is 14.2 Å². The van der Waals surface area contributed by atoms with E-state index in [2.05, 4.69) is 32.0 Å². The second-order valence-electron chi connectivity index (χ2n) is 7.88. The normalized spacial score (nSPS) is 13.3. The lowest BCUT2D eigenvalue weighted by Gasteiger charge is -2.33. The monoisotopic (exact) mass is 408 g/mol. The van der Waals surface area contributed by atoms with Crippen LogP contribution >= 0.6 is 0 Å². The van der Waals surface area contributed by atoms with Gasteiger partial charge in [-0.1, -0.05) is 65.7 Å². The first kappa shape index (κ1) is 19.3. The molecule has 0 fully saturated rings. The Hall–Kier alpha value is -3.72. The number of hydrogen-bond donors (Lipinski definition) is 0. The van der Waals surface area contributed by atoms with E-state index in [0.29, 0.717) is 0 Å². The van der Waals surface area contributed by atoms with E-state index in [-0.39, 0.29) is 0 Å². The maximum Gasteiger partial charge on any atom is 0.306 e. The molecule has 1 aliphatic carbocycles. The van der Waals surface area contributed by atoms with Gasteiger partial charge in [-0.2, -0.15) is 0 Å². The van der Waals surface area contributed by atoms with Gasteiger partial charge in [0.25, 0.3) is 0 Å². The molecule has 0 aliphatic heterocycles. The van der Waals surface area contributed by atoms with Gasteiger partial charge in [0.2, 0.25) is 0 Å². The van der Waals surface area contributed by atoms with Crippen molar-refractivity contribution in [3.8, 4) is 28.4 Å². The number of rotatable bonds is 5. The topological polar surface area (TPSA) is 27.7 Å². The summed E-state index contributed by atoms with van der Waals surface area (Å²) in [6.07, 6.45) is 0. The van der Waals surface area contributed by atoms with Crippen LogP contribution in [0.15, 0.2) is 91.0 Å². The van der Waals surface area contributed by atoms with E-state index in [1.807, 2.05) is 72.8 Å². The van der Waals surface area contributed by atoms with Gasteiger partial charge in [0.1, 0.15) is 17.2 Å². The minimum Gasteiger partial charge on any atom is -0.496 e. The summed E-state index contributed by atoms with van der Waals surface area (Å²) in [5, 5.41) is 0. The minimum absolute atomic E-state index is 0.739. The molecule has 4 aromatic rings. The molecule has 5 rings (SSSR count). The third kappa shape index (κ3) is 3.23. The molecule has 0 aromatic heterocycles. The van der Waals surface area contributed by atoms with Gasteiger partial charge >= 0.3 is 5.79 Å². The van der Waals surface area contributed by atoms with Crippen molar-refractivity contribution in [3.05, 3.63) is 113 Å². The number of fused-ring (bicyclic) bond motifs is 3. The highest BCUT2D eigenvalue weighted by molar-refractivity contribution is 5.84. The van der Waals surface area contributed by atoms with E-state index in [1.54, 1.807) is 7.11 Å². The van der Waals surface area contributed by atoms with Crippen LogP contribution in [0.4, 0.5) is 0 Å². The molecule has 0 amide bonds. The van der Waals surface area contributed by atoms with Crippen molar-refractivity contribution in [2.45, 2.75) is 19.6 Å². The summed E-state index contributed by atoms with van der Waals surface area (Å²) in [5.41, 5.74) is 6.28. The molecule has 4 aromatic carbocycles. The Morgan fingerprint density at radius 2 is 1.13 bits per heavy atom. The molecular formula is C28H24O3. The van der Waals surface area contributed by atoms with Crippen molar-refractivity contribution in [3.63, 3.8) is 0 Å². The molecule has 1 aliphatic rings. The Bertz CT molecular complexity index is 1180. The largest absolute Gasteiger partial charge is 0.496 e. The number of aryl methyl sites for hydroxylation is 2. The van der Waals surface area contributed by atoms with Crippen molar-refractivity contribution >= 4 is 0 Å². The van der Waals surface area contributed by atoms with E-state index < -0.39 is 5.79 Å². The van der Waals surface area contributed by atoms with Crippen molar-refractivity contribution in [2.75, 3.05) is 7.11 Å². The van der Waals surface area contributed by atoms with Crippen molar-refractivity contribution in [1.82, 2.24) is 0 Å². The lowest BCUT2D eigenvalue weighted by Crippen LogP contribution is -2.39. The maximum atomic E-state index is 6.73. The van der Waals surface area contributed by atoms with Crippen molar-refractivity contribution < 1.29 is 14.2 Å². The molecule has 0 N–H and O–H groups in total. The zero-order valence-corrected chi connectivity index (χ0v) is 17.9. The smallest absolute Gasteiger partial charge is 0.306 e. The number of hydrogen-bond acceptors (Lipinski definition) is 3. The number of benzene rings is 4. The highest BCUT2D eigenvalue weighted by Gasteiger charge is 2.49. The first-order valence-corrected chi connectivity index (χ1v) is 10.4. The van der Waals surface area contributed by atoms with E-state index in [9.17, 15) is 0 Å². The fourth-order valence-electron chi connectivity index (χ4n) is 4.17. The molecule has 154 valence electrons. The summed E-state index contributed by atoms with van der Waals surface area (Å²) < 4.78 is 19.2. The second-order valence-corrected chi connectivity index (χ2v) is 7.88. The first-order valence-electron chi connectivity index (χ1n) is 10.4. The maximum absolute atomic E-state index is 6.73. The Morgan fingerprint density at radius 3 is 1.71 bits per heavy atom. The Labute approximate surface area is 182 Å². The standard InChI is InChI=1S/C28H24O3/c1-19-11-15-21(16-12-19)30-28(31-22-17-13-20(2)14-18-22)24-8-5-4-7-23(24)27-25(28)9-6-10-26(27)29-3/h4-18H,1-3H3. The van der Waals surface area contributed by atoms with Gasteiger partial charge in [-0.05, 0) is 55.8 Å². The van der Waals surface area contributed by atoms with E-state index in [4.69, 9.17) is 14.2 Å². The third-order valence-corrected chi connectivity index (χ3v) is 5.72. The van der Waals surface area contributed by atoms with E-state index >= 15 is 0 Å². The van der Waals surface area contributed by atoms with Crippen molar-refractivity contribution in [1.29, 1.82) is 0 Å². The SMILES string of the molecule is COc1cccc2c1-c1ccccc1C2(Oc1ccc(C)cc1)Oc1ccc(C)cc1. The lowest BCUT2D eigenvalue weighted by atomic mass is 10.0. The molecule has 0 heterocycles. The van der Waals surface area contributed by atoms with Crippen LogP contribution in [0.25, 0.3) is 11.1 Å². The third-order valence-electron chi connectivity index (χ3n) is 5.72. The molecule has 31 heavy (non-hydrogen) atoms. The summed E-state index contributed by atoms with van der Waals surface area (Å²) in [6.45, 7) is 4.13. The van der Waals surface area contributed by atoms with Gasteiger partial charge in [-0.25, -0.2) is 0 Å². The van der Waals surface area contributed by atoms with Crippen LogP contribution in [0, 0.1) is 13.8 Å². The molecule has 3 heteroatoms. The Balaban J connectivity index is 1.75. The Kier molecular flexibility index (Phi) is 4.67. The van der Waals surface area contributed by atoms with Crippen LogP contribution in [0.2, 0.25) is 0 Å². The zero-order chi connectivity index (χ0) is 21.4. The molecular weight excluding hydrogens is 384 g/mol. The van der Waals surface area contributed by atoms with Gasteiger partial charge in [0, 0.05) is 11.1 Å². The molecule has 0 spiro atoms. The van der Waals surface area contributed by atoms with Gasteiger partial charge in [-0.3, -0.25) is 0 Å². The lowest BCUT2D eigenvalue weighted by molar-refractivity contribution is -0.0806. The molecule has 0 saturated heterocycles. The van der Waals surface area contributed by atoms with Gasteiger partial charge in [-0.15, -0.1) is 0 Å². The van der Waals surface area contributed by atoms with Gasteiger partial charge in [0.15, 0.2) is 0 Å². The highest BCUT2D eigenvalue weighted by Crippen LogP contribution is 2.53. The Morgan fingerprint density at radius 1 is 0.581 bits per heavy atom. The molecule has 0 unspecified atom stereocenters. The van der Waals surface area contributed by atoms with Gasteiger partial charge in [0.05, 0.1) is 12.7 Å². The summed E-state index contributed by atoms with van der Waals surface area (Å²) >= 11 is 0. The van der Waals surface area contributed by atoms with Crippen LogP contribution in [0.1, 0.15) is 22.3 Å². The molecule has 3 nitrogen and oxygen atoms in total. The van der Waals surface area contributed by atoms with Crippen LogP contribution in [-0.2, 0) is 5.79 Å². The van der Waals surface area contributed by atoms with Crippen LogP contribution in [-0.4, -0.2) is 7.11 Å². The first-order chi connectivity index (χ1) is 15.1. The average molecular weight is 408 g/mol. The average Bonchev–Trinajstić information content (AvgIpc) is 3.07. The molecule has 0 atom stereocenters. The minimum atomic E-state index is -1.13. The fraction of sp³-hybridized carbons (Fsp3) is 0.143. The van der Waals surface area contributed by atoms with Crippen LogP contribution < -0.4 is 14.2 Å². The molecule has 0 bridgehead atoms. The molecule has 0 saturated carbocycles. The van der Waals surface area contributed by atoms with Crippen LogP contribution in [0.3, 0.4) is 0 Å². The quantitative estimate of drug-likeness (QED) is 0.346. The summed E-state index contributed by atoms with van der Waals surface area (Å²) in [5.74, 6) is 1.14. The van der Waals surface area contributed by atoms with Crippen LogP contribution in [0.5, 0.6) is 17.2 Å². The zero-order valence-electron chi connectivity index (χ0n) is 17.9. The summed E-state index contributed by atoms with van der Waals surface area (Å²) in [6, 6.07) is 30.3. The number of methoxy groups -OCH3 is 1. The fourth-order valence-corrected chi connectivity index (χ4v) is 4.17. The van der Waals surface area contributed by atoms with Crippen molar-refractivity contribution in [2.24, 2.45) is 0 Å². The predicted octanol–water partition coefficient (Wildman–Crippen LogP) is 6.65. The van der Waals surface area contributed by atoms with E-state index in [1.165, 1.54) is 11.1 Å². The summed E-state index contributed by atoms with van der Waals surface area (Å²) in [7, 11) is 1.69.